The smallest absolute Gasteiger partial charge is 0.338 e. The first kappa shape index (κ1) is 14.9. The Kier molecular flexibility index (Phi) is 4.86. The Morgan fingerprint density at radius 1 is 1.53 bits per heavy atom. The number of hydrogen-bond donors (Lipinski definition) is 1. The maximum absolute atomic E-state index is 11.2. The molecule has 0 aromatic heterocycles. The summed E-state index contributed by atoms with van der Waals surface area (Å²) in [5.74, 6) is -0.832. The maximum Gasteiger partial charge on any atom is 0.338 e. The quantitative estimate of drug-likeness (QED) is 0.632. The lowest BCUT2D eigenvalue weighted by atomic mass is 10.1. The highest BCUT2D eigenvalue weighted by atomic mass is 16.6. The number of rotatable bonds is 6. The van der Waals surface area contributed by atoms with Gasteiger partial charge in [0.15, 0.2) is 0 Å². The van der Waals surface area contributed by atoms with Crippen molar-refractivity contribution < 1.29 is 14.8 Å². The second kappa shape index (κ2) is 6.17. The van der Waals surface area contributed by atoms with Crippen LogP contribution in [-0.4, -0.2) is 29.6 Å². The van der Waals surface area contributed by atoms with Crippen molar-refractivity contribution in [2.24, 2.45) is 5.92 Å². The van der Waals surface area contributed by atoms with Gasteiger partial charge in [-0.3, -0.25) is 10.1 Å². The molecule has 0 radical (unpaired) electrons. The monoisotopic (exact) mass is 266 g/mol. The molecule has 0 saturated carbocycles. The standard InChI is InChI=1S/C13H18N2O4/c1-4-9(2)8-14(3)12-10(13(16)17)6-5-7-11(12)15(18)19/h5-7,9H,4,8H2,1-3H3,(H,16,17). The van der Waals surface area contributed by atoms with Crippen molar-refractivity contribution in [3.63, 3.8) is 0 Å². The van der Waals surface area contributed by atoms with Crippen molar-refractivity contribution in [2.75, 3.05) is 18.5 Å². The number of carboxylic acids is 1. The number of aromatic carboxylic acids is 1. The van der Waals surface area contributed by atoms with Crippen LogP contribution in [0.1, 0.15) is 30.6 Å². The zero-order chi connectivity index (χ0) is 14.6. The molecule has 0 amide bonds. The number of nitro groups is 1. The topological polar surface area (TPSA) is 83.7 Å². The molecule has 1 N–H and O–H groups in total. The third kappa shape index (κ3) is 3.43. The third-order valence-electron chi connectivity index (χ3n) is 3.11. The average molecular weight is 266 g/mol. The first-order valence-electron chi connectivity index (χ1n) is 6.10. The molecule has 0 spiro atoms. The molecule has 0 heterocycles. The fourth-order valence-corrected chi connectivity index (χ4v) is 1.94. The predicted molar refractivity (Wildman–Crippen MR) is 72.8 cm³/mol. The van der Waals surface area contributed by atoms with Gasteiger partial charge in [-0.15, -0.1) is 0 Å². The molecule has 19 heavy (non-hydrogen) atoms. The number of hydrogen-bond acceptors (Lipinski definition) is 4. The van der Waals surface area contributed by atoms with E-state index in [1.807, 2.05) is 13.8 Å². The Balaban J connectivity index is 3.28. The fraction of sp³-hybridized carbons (Fsp3) is 0.462. The van der Waals surface area contributed by atoms with Crippen LogP contribution >= 0.6 is 0 Å². The molecular formula is C13H18N2O4. The van der Waals surface area contributed by atoms with Gasteiger partial charge in [-0.2, -0.15) is 0 Å². The minimum Gasteiger partial charge on any atom is -0.478 e. The van der Waals surface area contributed by atoms with Crippen LogP contribution < -0.4 is 4.90 Å². The Labute approximate surface area is 111 Å². The maximum atomic E-state index is 11.2. The summed E-state index contributed by atoms with van der Waals surface area (Å²) >= 11 is 0. The van der Waals surface area contributed by atoms with Gasteiger partial charge in [-0.05, 0) is 12.0 Å². The van der Waals surface area contributed by atoms with Crippen LogP contribution in [0.3, 0.4) is 0 Å². The molecule has 6 nitrogen and oxygen atoms in total. The summed E-state index contributed by atoms with van der Waals surface area (Å²) < 4.78 is 0. The summed E-state index contributed by atoms with van der Waals surface area (Å²) in [5, 5.41) is 20.2. The Hall–Kier alpha value is -2.11. The van der Waals surface area contributed by atoms with E-state index >= 15 is 0 Å². The zero-order valence-corrected chi connectivity index (χ0v) is 11.3. The number of carbonyl (C=O) groups is 1. The van der Waals surface area contributed by atoms with Crippen LogP contribution in [0, 0.1) is 16.0 Å². The number of anilines is 1. The van der Waals surface area contributed by atoms with Gasteiger partial charge in [0.2, 0.25) is 0 Å². The lowest BCUT2D eigenvalue weighted by Crippen LogP contribution is -2.26. The molecule has 0 fully saturated rings. The Bertz CT molecular complexity index is 455. The van der Waals surface area contributed by atoms with E-state index in [-0.39, 0.29) is 16.9 Å². The highest BCUT2D eigenvalue weighted by Crippen LogP contribution is 2.32. The summed E-state index contributed by atoms with van der Waals surface area (Å²) in [6, 6.07) is 4.11. The van der Waals surface area contributed by atoms with Gasteiger partial charge in [0.1, 0.15) is 5.69 Å². The van der Waals surface area contributed by atoms with E-state index in [0.717, 1.165) is 6.42 Å². The van der Waals surface area contributed by atoms with Gasteiger partial charge in [0.05, 0.1) is 10.5 Å². The first-order chi connectivity index (χ1) is 8.88. The molecule has 1 atom stereocenters. The molecule has 0 aliphatic carbocycles. The molecule has 0 saturated heterocycles. The van der Waals surface area contributed by atoms with Crippen LogP contribution in [-0.2, 0) is 0 Å². The van der Waals surface area contributed by atoms with Gasteiger partial charge in [0.25, 0.3) is 5.69 Å². The molecule has 1 unspecified atom stereocenters. The van der Waals surface area contributed by atoms with Gasteiger partial charge in [-0.25, -0.2) is 4.79 Å². The van der Waals surface area contributed by atoms with E-state index in [2.05, 4.69) is 0 Å². The van der Waals surface area contributed by atoms with E-state index in [4.69, 9.17) is 5.11 Å². The predicted octanol–water partition coefficient (Wildman–Crippen LogP) is 2.78. The van der Waals surface area contributed by atoms with Crippen molar-refractivity contribution >= 4 is 17.3 Å². The van der Waals surface area contributed by atoms with E-state index in [9.17, 15) is 14.9 Å². The van der Waals surface area contributed by atoms with Crippen molar-refractivity contribution in [3.05, 3.63) is 33.9 Å². The van der Waals surface area contributed by atoms with Crippen molar-refractivity contribution in [1.82, 2.24) is 0 Å². The highest BCUT2D eigenvalue weighted by molar-refractivity contribution is 5.97. The largest absolute Gasteiger partial charge is 0.478 e. The van der Waals surface area contributed by atoms with Gasteiger partial charge >= 0.3 is 5.97 Å². The second-order valence-corrected chi connectivity index (χ2v) is 4.63. The minimum absolute atomic E-state index is 0.0417. The van der Waals surface area contributed by atoms with Crippen LogP contribution in [0.5, 0.6) is 0 Å². The minimum atomic E-state index is -1.16. The lowest BCUT2D eigenvalue weighted by molar-refractivity contribution is -0.384. The fourth-order valence-electron chi connectivity index (χ4n) is 1.94. The van der Waals surface area contributed by atoms with E-state index in [1.54, 1.807) is 11.9 Å². The van der Waals surface area contributed by atoms with E-state index in [0.29, 0.717) is 12.5 Å². The Morgan fingerprint density at radius 3 is 2.63 bits per heavy atom. The van der Waals surface area contributed by atoms with E-state index in [1.165, 1.54) is 18.2 Å². The molecule has 1 rings (SSSR count). The second-order valence-electron chi connectivity index (χ2n) is 4.63. The molecule has 0 bridgehead atoms. The van der Waals surface area contributed by atoms with Crippen molar-refractivity contribution in [3.8, 4) is 0 Å². The van der Waals surface area contributed by atoms with Crippen LogP contribution in [0.4, 0.5) is 11.4 Å². The molecule has 1 aromatic carbocycles. The molecule has 0 aliphatic rings. The van der Waals surface area contributed by atoms with Crippen molar-refractivity contribution in [2.45, 2.75) is 20.3 Å². The first-order valence-corrected chi connectivity index (χ1v) is 6.10. The van der Waals surface area contributed by atoms with Gasteiger partial charge in [-0.1, -0.05) is 26.3 Å². The Morgan fingerprint density at radius 2 is 2.16 bits per heavy atom. The molecular weight excluding hydrogens is 248 g/mol. The normalized spacial score (nSPS) is 11.9. The SMILES string of the molecule is CCC(C)CN(C)c1c(C(=O)O)cccc1[N+](=O)[O-]. The number of benzene rings is 1. The van der Waals surface area contributed by atoms with Crippen LogP contribution in [0.25, 0.3) is 0 Å². The average Bonchev–Trinajstić information content (AvgIpc) is 2.37. The number of nitro benzene ring substituents is 1. The molecule has 6 heteroatoms. The lowest BCUT2D eigenvalue weighted by Gasteiger charge is -2.23. The van der Waals surface area contributed by atoms with Crippen LogP contribution in [0.2, 0.25) is 0 Å². The number of nitrogens with zero attached hydrogens (tertiary/aromatic N) is 2. The molecule has 1 aromatic rings. The summed E-state index contributed by atoms with van der Waals surface area (Å²) in [6.07, 6.45) is 0.924. The van der Waals surface area contributed by atoms with E-state index < -0.39 is 10.9 Å². The zero-order valence-electron chi connectivity index (χ0n) is 11.3. The summed E-state index contributed by atoms with van der Waals surface area (Å²) in [4.78, 5) is 23.4. The molecule has 104 valence electrons. The molecule has 0 aliphatic heterocycles. The summed E-state index contributed by atoms with van der Waals surface area (Å²) in [6.45, 7) is 4.61. The number of para-hydroxylation sites is 1. The summed E-state index contributed by atoms with van der Waals surface area (Å²) in [7, 11) is 1.68. The van der Waals surface area contributed by atoms with Gasteiger partial charge < -0.3 is 10.0 Å². The summed E-state index contributed by atoms with van der Waals surface area (Å²) in [5.41, 5.74) is -0.0500. The van der Waals surface area contributed by atoms with Crippen molar-refractivity contribution in [1.29, 1.82) is 0 Å². The van der Waals surface area contributed by atoms with Crippen LogP contribution in [0.15, 0.2) is 18.2 Å². The van der Waals surface area contributed by atoms with Gasteiger partial charge in [0, 0.05) is 19.7 Å². The third-order valence-corrected chi connectivity index (χ3v) is 3.11. The number of carboxylic acid groups (broad SMARTS) is 1. The highest BCUT2D eigenvalue weighted by Gasteiger charge is 2.24.